The van der Waals surface area contributed by atoms with E-state index in [4.69, 9.17) is 9.47 Å². The molecule has 3 amide bonds. The van der Waals surface area contributed by atoms with Crippen molar-refractivity contribution in [1.82, 2.24) is 20.1 Å². The first-order valence-corrected chi connectivity index (χ1v) is 12.1. The maximum Gasteiger partial charge on any atom is 0.325 e. The highest BCUT2D eigenvalue weighted by Crippen LogP contribution is 2.37. The predicted octanol–water partition coefficient (Wildman–Crippen LogP) is 3.91. The monoisotopic (exact) mass is 476 g/mol. The fraction of sp³-hybridized carbons (Fsp3) is 0.407. The zero-order chi connectivity index (χ0) is 24.6. The van der Waals surface area contributed by atoms with Gasteiger partial charge in [0.05, 0.1) is 20.8 Å². The number of carbonyl (C=O) groups is 2. The minimum Gasteiger partial charge on any atom is -0.493 e. The lowest BCUT2D eigenvalue weighted by Crippen LogP contribution is -2.53. The second-order valence-electron chi connectivity index (χ2n) is 9.59. The molecule has 3 aromatic rings. The largest absolute Gasteiger partial charge is 0.493 e. The van der Waals surface area contributed by atoms with E-state index in [1.165, 1.54) is 15.8 Å². The number of aromatic nitrogens is 1. The summed E-state index contributed by atoms with van der Waals surface area (Å²) in [5.41, 5.74) is 2.26. The van der Waals surface area contributed by atoms with Crippen molar-refractivity contribution in [3.63, 3.8) is 0 Å². The Morgan fingerprint density at radius 3 is 2.49 bits per heavy atom. The molecule has 1 atom stereocenters. The van der Waals surface area contributed by atoms with Crippen LogP contribution in [-0.4, -0.2) is 59.6 Å². The average molecular weight is 477 g/mol. The van der Waals surface area contributed by atoms with Gasteiger partial charge < -0.3 is 19.8 Å². The molecule has 2 saturated heterocycles. The lowest BCUT2D eigenvalue weighted by atomic mass is 9.79. The third kappa shape index (κ3) is 4.12. The maximum atomic E-state index is 13.5. The zero-order valence-electron chi connectivity index (χ0n) is 20.5. The van der Waals surface area contributed by atoms with Gasteiger partial charge in [0, 0.05) is 29.2 Å². The van der Waals surface area contributed by atoms with Gasteiger partial charge in [-0.2, -0.15) is 0 Å². The Hall–Kier alpha value is -3.52. The molecule has 3 heterocycles. The lowest BCUT2D eigenvalue weighted by molar-refractivity contribution is -0.133. The van der Waals surface area contributed by atoms with Gasteiger partial charge in [-0.05, 0) is 56.5 Å². The molecule has 2 aliphatic rings. The number of hydrogen-bond donors (Lipinski definition) is 2. The molecule has 2 aliphatic heterocycles. The summed E-state index contributed by atoms with van der Waals surface area (Å²) in [4.78, 5) is 33.5. The van der Waals surface area contributed by atoms with Crippen LogP contribution in [0.5, 0.6) is 11.5 Å². The van der Waals surface area contributed by atoms with E-state index in [2.05, 4.69) is 39.6 Å². The molecule has 35 heavy (non-hydrogen) atoms. The van der Waals surface area contributed by atoms with Gasteiger partial charge in [-0.15, -0.1) is 0 Å². The molecule has 0 aliphatic carbocycles. The standard InChI is InChI=1S/C27H32N4O4/c1-27(20-11-13-30(14-12-20)16-19-15-28-22-9-5-4-8-21(19)22)25(32)31(26(33)29-27)17-18-7-6-10-23(34-2)24(18)35-3/h4-10,15,20,28H,11-14,16-17H2,1-3H3,(H,29,33). The fourth-order valence-corrected chi connectivity index (χ4v) is 5.56. The van der Waals surface area contributed by atoms with Crippen molar-refractivity contribution in [3.8, 4) is 11.5 Å². The minimum absolute atomic E-state index is 0.0790. The fourth-order valence-electron chi connectivity index (χ4n) is 5.56. The molecule has 184 valence electrons. The molecule has 2 aromatic carbocycles. The van der Waals surface area contributed by atoms with Gasteiger partial charge in [0.25, 0.3) is 5.91 Å². The van der Waals surface area contributed by atoms with E-state index in [0.717, 1.165) is 43.6 Å². The number of fused-ring (bicyclic) bond motifs is 1. The van der Waals surface area contributed by atoms with Gasteiger partial charge in [-0.3, -0.25) is 14.6 Å². The molecule has 2 N–H and O–H groups in total. The van der Waals surface area contributed by atoms with E-state index < -0.39 is 5.54 Å². The number of nitrogens with zero attached hydrogens (tertiary/aromatic N) is 2. The summed E-state index contributed by atoms with van der Waals surface area (Å²) in [6.45, 7) is 4.64. The van der Waals surface area contributed by atoms with Crippen LogP contribution >= 0.6 is 0 Å². The Bertz CT molecular complexity index is 1250. The second kappa shape index (κ2) is 9.26. The Balaban J connectivity index is 1.25. The number of methoxy groups -OCH3 is 2. The van der Waals surface area contributed by atoms with Crippen molar-refractivity contribution >= 4 is 22.8 Å². The van der Waals surface area contributed by atoms with Gasteiger partial charge in [0.1, 0.15) is 5.54 Å². The molecular weight excluding hydrogens is 444 g/mol. The molecule has 0 bridgehead atoms. The number of benzene rings is 2. The number of imide groups is 1. The third-order valence-corrected chi connectivity index (χ3v) is 7.59. The number of rotatable bonds is 7. The van der Waals surface area contributed by atoms with Crippen LogP contribution in [0.15, 0.2) is 48.7 Å². The minimum atomic E-state index is -0.907. The predicted molar refractivity (Wildman–Crippen MR) is 133 cm³/mol. The van der Waals surface area contributed by atoms with Gasteiger partial charge >= 0.3 is 6.03 Å². The van der Waals surface area contributed by atoms with E-state index in [1.54, 1.807) is 20.3 Å². The number of para-hydroxylation sites is 2. The topological polar surface area (TPSA) is 86.9 Å². The number of likely N-dealkylation sites (tertiary alicyclic amines) is 1. The number of piperidine rings is 1. The van der Waals surface area contributed by atoms with Gasteiger partial charge in [-0.25, -0.2) is 4.79 Å². The summed E-state index contributed by atoms with van der Waals surface area (Å²) in [5, 5.41) is 4.27. The normalized spacial score (nSPS) is 21.5. The van der Waals surface area contributed by atoms with Crippen molar-refractivity contribution in [2.24, 2.45) is 5.92 Å². The zero-order valence-corrected chi connectivity index (χ0v) is 20.5. The number of H-pyrrole nitrogens is 1. The molecule has 8 heteroatoms. The summed E-state index contributed by atoms with van der Waals surface area (Å²) in [7, 11) is 3.12. The van der Waals surface area contributed by atoms with Crippen molar-refractivity contribution in [3.05, 3.63) is 59.8 Å². The molecule has 8 nitrogen and oxygen atoms in total. The first-order valence-electron chi connectivity index (χ1n) is 12.1. The molecule has 0 saturated carbocycles. The Labute approximate surface area is 205 Å². The SMILES string of the molecule is COc1cccc(CN2C(=O)NC(C)(C3CCN(Cc4c[nH]c5ccccc45)CC3)C2=O)c1OC. The number of nitrogens with one attached hydrogen (secondary N) is 2. The Morgan fingerprint density at radius 2 is 1.74 bits per heavy atom. The van der Waals surface area contributed by atoms with Crippen molar-refractivity contribution in [1.29, 1.82) is 0 Å². The van der Waals surface area contributed by atoms with Crippen molar-refractivity contribution < 1.29 is 19.1 Å². The number of urea groups is 1. The molecule has 2 fully saturated rings. The number of carbonyl (C=O) groups excluding carboxylic acids is 2. The third-order valence-electron chi connectivity index (χ3n) is 7.59. The molecular formula is C27H32N4O4. The molecule has 0 spiro atoms. The van der Waals surface area contributed by atoms with E-state index >= 15 is 0 Å². The summed E-state index contributed by atoms with van der Waals surface area (Å²) in [6.07, 6.45) is 3.78. The first-order chi connectivity index (χ1) is 16.9. The smallest absolute Gasteiger partial charge is 0.325 e. The van der Waals surface area contributed by atoms with Crippen LogP contribution in [0, 0.1) is 5.92 Å². The van der Waals surface area contributed by atoms with Crippen molar-refractivity contribution in [2.75, 3.05) is 27.3 Å². The van der Waals surface area contributed by atoms with Crippen LogP contribution < -0.4 is 14.8 Å². The van der Waals surface area contributed by atoms with Gasteiger partial charge in [0.2, 0.25) is 0 Å². The number of aromatic amines is 1. The summed E-state index contributed by atoms with van der Waals surface area (Å²) < 4.78 is 10.9. The molecule has 5 rings (SSSR count). The number of amides is 3. The molecule has 0 radical (unpaired) electrons. The van der Waals surface area contributed by atoms with Crippen LogP contribution in [0.3, 0.4) is 0 Å². The van der Waals surface area contributed by atoms with E-state index in [0.29, 0.717) is 11.5 Å². The van der Waals surface area contributed by atoms with E-state index in [-0.39, 0.29) is 24.4 Å². The van der Waals surface area contributed by atoms with Gasteiger partial charge in [-0.1, -0.05) is 30.3 Å². The summed E-state index contributed by atoms with van der Waals surface area (Å²) in [6, 6.07) is 13.5. The average Bonchev–Trinajstić information content (AvgIpc) is 3.38. The highest BCUT2D eigenvalue weighted by molar-refractivity contribution is 6.07. The molecule has 1 unspecified atom stereocenters. The maximum absolute atomic E-state index is 13.5. The van der Waals surface area contributed by atoms with Crippen LogP contribution in [0.1, 0.15) is 30.9 Å². The van der Waals surface area contributed by atoms with Crippen LogP contribution in [-0.2, 0) is 17.9 Å². The Kier molecular flexibility index (Phi) is 6.15. The summed E-state index contributed by atoms with van der Waals surface area (Å²) >= 11 is 0. The van der Waals surface area contributed by atoms with Crippen LogP contribution in [0.4, 0.5) is 4.79 Å². The van der Waals surface area contributed by atoms with Crippen LogP contribution in [0.25, 0.3) is 10.9 Å². The van der Waals surface area contributed by atoms with Crippen LogP contribution in [0.2, 0.25) is 0 Å². The second-order valence-corrected chi connectivity index (χ2v) is 9.59. The van der Waals surface area contributed by atoms with E-state index in [1.807, 2.05) is 25.1 Å². The van der Waals surface area contributed by atoms with Gasteiger partial charge in [0.15, 0.2) is 11.5 Å². The van der Waals surface area contributed by atoms with E-state index in [9.17, 15) is 9.59 Å². The number of ether oxygens (including phenoxy) is 2. The number of hydrogen-bond acceptors (Lipinski definition) is 5. The highest BCUT2D eigenvalue weighted by Gasteiger charge is 2.52. The highest BCUT2D eigenvalue weighted by atomic mass is 16.5. The Morgan fingerprint density at radius 1 is 0.971 bits per heavy atom. The lowest BCUT2D eigenvalue weighted by Gasteiger charge is -2.38. The van der Waals surface area contributed by atoms with Crippen molar-refractivity contribution in [2.45, 2.75) is 38.4 Å². The molecule has 1 aromatic heterocycles. The quantitative estimate of drug-likeness (QED) is 0.505. The summed E-state index contributed by atoms with van der Waals surface area (Å²) in [5.74, 6) is 1.01. The first kappa shape index (κ1) is 23.2.